The summed E-state index contributed by atoms with van der Waals surface area (Å²) in [5, 5.41) is 10.3. The van der Waals surface area contributed by atoms with Crippen molar-refractivity contribution in [3.05, 3.63) is 59.1 Å². The Balaban J connectivity index is 1.77. The van der Waals surface area contributed by atoms with Gasteiger partial charge in [-0.3, -0.25) is 0 Å². The van der Waals surface area contributed by atoms with Gasteiger partial charge in [-0.05, 0) is 42.5 Å². The normalized spacial score (nSPS) is 18.0. The number of rotatable bonds is 4. The standard InChI is InChI=1S/C20H22ClN3O/c21-17-8-2-1-7-16(17)13-24-19-10-4-3-9-18(19)22-20(24)23-11-5-6-15(12-23)14-25/h1-4,7-10,15,25H,5-6,11-14H2/t15-/m1/s1. The summed E-state index contributed by atoms with van der Waals surface area (Å²) in [6, 6.07) is 16.2. The first-order valence-electron chi connectivity index (χ1n) is 8.80. The fraction of sp³-hybridized carbons (Fsp3) is 0.350. The van der Waals surface area contributed by atoms with Gasteiger partial charge in [0.1, 0.15) is 0 Å². The molecule has 2 aromatic carbocycles. The van der Waals surface area contributed by atoms with Gasteiger partial charge in [-0.25, -0.2) is 4.98 Å². The van der Waals surface area contributed by atoms with E-state index in [1.165, 1.54) is 0 Å². The molecule has 0 saturated carbocycles. The van der Waals surface area contributed by atoms with Crippen LogP contribution >= 0.6 is 11.6 Å². The minimum Gasteiger partial charge on any atom is -0.396 e. The van der Waals surface area contributed by atoms with Crippen LogP contribution in [0.5, 0.6) is 0 Å². The number of imidazole rings is 1. The van der Waals surface area contributed by atoms with Crippen LogP contribution in [0.3, 0.4) is 0 Å². The smallest absolute Gasteiger partial charge is 0.206 e. The summed E-state index contributed by atoms with van der Waals surface area (Å²) >= 11 is 6.40. The van der Waals surface area contributed by atoms with Crippen molar-refractivity contribution in [2.24, 2.45) is 5.92 Å². The molecule has 0 radical (unpaired) electrons. The molecule has 1 aliphatic rings. The van der Waals surface area contributed by atoms with Gasteiger partial charge in [0.15, 0.2) is 0 Å². The predicted molar refractivity (Wildman–Crippen MR) is 102 cm³/mol. The van der Waals surface area contributed by atoms with Crippen molar-refractivity contribution < 1.29 is 5.11 Å². The second-order valence-corrected chi connectivity index (χ2v) is 7.12. The summed E-state index contributed by atoms with van der Waals surface area (Å²) in [6.07, 6.45) is 2.16. The van der Waals surface area contributed by atoms with Gasteiger partial charge in [-0.1, -0.05) is 41.9 Å². The Morgan fingerprint density at radius 1 is 1.12 bits per heavy atom. The lowest BCUT2D eigenvalue weighted by molar-refractivity contribution is 0.208. The zero-order valence-corrected chi connectivity index (χ0v) is 14.9. The predicted octanol–water partition coefficient (Wildman–Crippen LogP) is 3.95. The molecule has 130 valence electrons. The van der Waals surface area contributed by atoms with Crippen LogP contribution in [0.25, 0.3) is 11.0 Å². The molecule has 0 unspecified atom stereocenters. The number of anilines is 1. The first kappa shape index (κ1) is 16.4. The Morgan fingerprint density at radius 2 is 1.92 bits per heavy atom. The molecular formula is C20H22ClN3O. The molecule has 0 aliphatic carbocycles. The van der Waals surface area contributed by atoms with E-state index >= 15 is 0 Å². The first-order chi connectivity index (χ1) is 12.3. The second kappa shape index (κ2) is 7.06. The van der Waals surface area contributed by atoms with Gasteiger partial charge in [0.2, 0.25) is 5.95 Å². The molecule has 1 aliphatic heterocycles. The van der Waals surface area contributed by atoms with E-state index in [0.717, 1.165) is 53.5 Å². The quantitative estimate of drug-likeness (QED) is 0.770. The van der Waals surface area contributed by atoms with Crippen molar-refractivity contribution in [2.75, 3.05) is 24.6 Å². The third kappa shape index (κ3) is 3.24. The number of nitrogens with zero attached hydrogens (tertiary/aromatic N) is 3. The Bertz CT molecular complexity index is 876. The van der Waals surface area contributed by atoms with Gasteiger partial charge in [0.25, 0.3) is 0 Å². The van der Waals surface area contributed by atoms with E-state index in [0.29, 0.717) is 12.5 Å². The van der Waals surface area contributed by atoms with E-state index in [-0.39, 0.29) is 6.61 Å². The number of aliphatic hydroxyl groups excluding tert-OH is 1. The van der Waals surface area contributed by atoms with Crippen LogP contribution < -0.4 is 4.90 Å². The lowest BCUT2D eigenvalue weighted by Crippen LogP contribution is -2.38. The van der Waals surface area contributed by atoms with Crippen molar-refractivity contribution in [1.82, 2.24) is 9.55 Å². The van der Waals surface area contributed by atoms with Crippen LogP contribution in [0.4, 0.5) is 5.95 Å². The average molecular weight is 356 g/mol. The summed E-state index contributed by atoms with van der Waals surface area (Å²) in [5.74, 6) is 1.29. The van der Waals surface area contributed by atoms with E-state index in [2.05, 4.69) is 27.7 Å². The third-order valence-corrected chi connectivity index (χ3v) is 5.35. The number of piperidine rings is 1. The highest BCUT2D eigenvalue weighted by Crippen LogP contribution is 2.29. The highest BCUT2D eigenvalue weighted by molar-refractivity contribution is 6.31. The summed E-state index contributed by atoms with van der Waals surface area (Å²) in [4.78, 5) is 7.20. The first-order valence-corrected chi connectivity index (χ1v) is 9.18. The van der Waals surface area contributed by atoms with E-state index < -0.39 is 0 Å². The lowest BCUT2D eigenvalue weighted by atomic mass is 9.99. The van der Waals surface area contributed by atoms with Crippen molar-refractivity contribution in [3.63, 3.8) is 0 Å². The molecule has 3 aromatic rings. The fourth-order valence-electron chi connectivity index (χ4n) is 3.65. The fourth-order valence-corrected chi connectivity index (χ4v) is 3.85. The number of fused-ring (bicyclic) bond motifs is 1. The van der Waals surface area contributed by atoms with Gasteiger partial charge >= 0.3 is 0 Å². The van der Waals surface area contributed by atoms with E-state index in [4.69, 9.17) is 16.6 Å². The van der Waals surface area contributed by atoms with Gasteiger partial charge in [-0.2, -0.15) is 0 Å². The molecule has 25 heavy (non-hydrogen) atoms. The van der Waals surface area contributed by atoms with Crippen molar-refractivity contribution in [2.45, 2.75) is 19.4 Å². The van der Waals surface area contributed by atoms with Gasteiger partial charge in [-0.15, -0.1) is 0 Å². The summed E-state index contributed by atoms with van der Waals surface area (Å²) in [6.45, 7) is 2.75. The number of hydrogen-bond acceptors (Lipinski definition) is 3. The van der Waals surface area contributed by atoms with Crippen molar-refractivity contribution in [3.8, 4) is 0 Å². The maximum atomic E-state index is 9.57. The van der Waals surface area contributed by atoms with Crippen molar-refractivity contribution >= 4 is 28.6 Å². The summed E-state index contributed by atoms with van der Waals surface area (Å²) in [5.41, 5.74) is 3.20. The number of aromatic nitrogens is 2. The molecule has 1 N–H and O–H groups in total. The second-order valence-electron chi connectivity index (χ2n) is 6.71. The van der Waals surface area contributed by atoms with Crippen LogP contribution in [0.2, 0.25) is 5.02 Å². The monoisotopic (exact) mass is 355 g/mol. The molecule has 1 aromatic heterocycles. The maximum absolute atomic E-state index is 9.57. The molecule has 1 saturated heterocycles. The minimum absolute atomic E-state index is 0.237. The Kier molecular flexibility index (Phi) is 4.64. The maximum Gasteiger partial charge on any atom is 0.206 e. The molecule has 0 bridgehead atoms. The van der Waals surface area contributed by atoms with E-state index in [1.54, 1.807) is 0 Å². The molecule has 1 atom stereocenters. The van der Waals surface area contributed by atoms with Crippen LogP contribution in [0, 0.1) is 5.92 Å². The Labute approximate surface area is 152 Å². The molecule has 1 fully saturated rings. The average Bonchev–Trinajstić information content (AvgIpc) is 3.02. The van der Waals surface area contributed by atoms with Gasteiger partial charge in [0.05, 0.1) is 17.6 Å². The zero-order valence-electron chi connectivity index (χ0n) is 14.1. The SMILES string of the molecule is OC[C@@H]1CCCN(c2nc3ccccc3n2Cc2ccccc2Cl)C1. The summed E-state index contributed by atoms with van der Waals surface area (Å²) in [7, 11) is 0. The summed E-state index contributed by atoms with van der Waals surface area (Å²) < 4.78 is 2.25. The lowest BCUT2D eigenvalue weighted by Gasteiger charge is -2.33. The number of hydrogen-bond donors (Lipinski definition) is 1. The number of para-hydroxylation sites is 2. The van der Waals surface area contributed by atoms with Gasteiger partial charge in [0, 0.05) is 24.7 Å². The van der Waals surface area contributed by atoms with E-state index in [1.807, 2.05) is 30.3 Å². The van der Waals surface area contributed by atoms with E-state index in [9.17, 15) is 5.11 Å². The topological polar surface area (TPSA) is 41.3 Å². The largest absolute Gasteiger partial charge is 0.396 e. The van der Waals surface area contributed by atoms with Gasteiger partial charge < -0.3 is 14.6 Å². The molecule has 0 spiro atoms. The van der Waals surface area contributed by atoms with Crippen LogP contribution in [0.15, 0.2) is 48.5 Å². The zero-order chi connectivity index (χ0) is 17.2. The molecule has 4 rings (SSSR count). The molecule has 4 nitrogen and oxygen atoms in total. The molecule has 2 heterocycles. The highest BCUT2D eigenvalue weighted by atomic mass is 35.5. The number of benzene rings is 2. The highest BCUT2D eigenvalue weighted by Gasteiger charge is 2.24. The molecular weight excluding hydrogens is 334 g/mol. The van der Waals surface area contributed by atoms with Crippen LogP contribution in [-0.2, 0) is 6.54 Å². The molecule has 0 amide bonds. The third-order valence-electron chi connectivity index (χ3n) is 4.98. The minimum atomic E-state index is 0.237. The van der Waals surface area contributed by atoms with Crippen molar-refractivity contribution in [1.29, 1.82) is 0 Å². The molecule has 5 heteroatoms. The Morgan fingerprint density at radius 3 is 2.76 bits per heavy atom. The number of aliphatic hydroxyl groups is 1. The van der Waals surface area contributed by atoms with Crippen LogP contribution in [0.1, 0.15) is 18.4 Å². The van der Waals surface area contributed by atoms with Crippen LogP contribution in [-0.4, -0.2) is 34.4 Å². The number of halogens is 1. The Hall–Kier alpha value is -2.04.